The molecule has 0 bridgehead atoms. The summed E-state index contributed by atoms with van der Waals surface area (Å²) in [4.78, 5) is 26.0. The first-order valence-electron chi connectivity index (χ1n) is 7.08. The molecule has 1 unspecified atom stereocenters. The van der Waals surface area contributed by atoms with Crippen LogP contribution in [0, 0.1) is 5.41 Å². The maximum atomic E-state index is 12.2. The van der Waals surface area contributed by atoms with Crippen LogP contribution in [0.5, 0.6) is 0 Å². The molecule has 0 aromatic heterocycles. The van der Waals surface area contributed by atoms with E-state index in [0.29, 0.717) is 0 Å². The number of rotatable bonds is 3. The maximum absolute atomic E-state index is 12.2. The van der Waals surface area contributed by atoms with Gasteiger partial charge in [0.05, 0.1) is 6.04 Å². The fourth-order valence-electron chi connectivity index (χ4n) is 2.15. The van der Waals surface area contributed by atoms with Gasteiger partial charge in [-0.3, -0.25) is 9.59 Å². The molecule has 0 aromatic carbocycles. The number of hydrogen-bond donors (Lipinski definition) is 2. The standard InChI is InChI=1S/C14H27N3O2/c1-10(13(19)17-8-6-5-7-9-17)16-12(18)11(15)14(2,3)4/h10-11H,5-9,15H2,1-4H3,(H,16,18)/t10?,11-/m1/s1. The lowest BCUT2D eigenvalue weighted by molar-refractivity contribution is -0.137. The molecule has 0 saturated carbocycles. The van der Waals surface area contributed by atoms with E-state index in [0.717, 1.165) is 25.9 Å². The zero-order chi connectivity index (χ0) is 14.6. The van der Waals surface area contributed by atoms with Gasteiger partial charge in [-0.15, -0.1) is 0 Å². The molecule has 0 aliphatic carbocycles. The minimum absolute atomic E-state index is 0.00541. The van der Waals surface area contributed by atoms with Crippen LogP contribution in [-0.2, 0) is 9.59 Å². The number of nitrogens with zero attached hydrogens (tertiary/aromatic N) is 1. The smallest absolute Gasteiger partial charge is 0.244 e. The highest BCUT2D eigenvalue weighted by Crippen LogP contribution is 2.17. The Morgan fingerprint density at radius 2 is 1.68 bits per heavy atom. The fraction of sp³-hybridized carbons (Fsp3) is 0.857. The normalized spacial score (nSPS) is 19.7. The number of carbonyl (C=O) groups is 2. The molecule has 3 N–H and O–H groups in total. The predicted octanol–water partition coefficient (Wildman–Crippen LogP) is 0.877. The van der Waals surface area contributed by atoms with Crippen LogP contribution in [0.1, 0.15) is 47.0 Å². The minimum atomic E-state index is -0.607. The molecule has 0 radical (unpaired) electrons. The van der Waals surface area contributed by atoms with E-state index in [2.05, 4.69) is 5.32 Å². The summed E-state index contributed by atoms with van der Waals surface area (Å²) in [6.07, 6.45) is 3.28. The van der Waals surface area contributed by atoms with E-state index in [1.807, 2.05) is 25.7 Å². The number of nitrogens with one attached hydrogen (secondary N) is 1. The number of carbonyl (C=O) groups excluding carboxylic acids is 2. The lowest BCUT2D eigenvalue weighted by Crippen LogP contribution is -2.55. The van der Waals surface area contributed by atoms with Crippen LogP contribution < -0.4 is 11.1 Å². The average molecular weight is 269 g/mol. The topological polar surface area (TPSA) is 75.4 Å². The third kappa shape index (κ3) is 4.49. The molecule has 1 fully saturated rings. The van der Waals surface area contributed by atoms with E-state index in [1.54, 1.807) is 6.92 Å². The van der Waals surface area contributed by atoms with Crippen molar-refractivity contribution in [1.29, 1.82) is 0 Å². The minimum Gasteiger partial charge on any atom is -0.343 e. The highest BCUT2D eigenvalue weighted by molar-refractivity contribution is 5.89. The van der Waals surface area contributed by atoms with Crippen LogP contribution >= 0.6 is 0 Å². The summed E-state index contributed by atoms with van der Waals surface area (Å²) in [5.41, 5.74) is 5.58. The van der Waals surface area contributed by atoms with Gasteiger partial charge in [0, 0.05) is 13.1 Å². The molecule has 0 spiro atoms. The summed E-state index contributed by atoms with van der Waals surface area (Å²) in [5.74, 6) is -0.264. The summed E-state index contributed by atoms with van der Waals surface area (Å²) in [5, 5.41) is 2.73. The van der Waals surface area contributed by atoms with Gasteiger partial charge in [0.25, 0.3) is 0 Å². The van der Waals surface area contributed by atoms with Crippen LogP contribution in [0.4, 0.5) is 0 Å². The Hall–Kier alpha value is -1.10. The first-order valence-corrected chi connectivity index (χ1v) is 7.08. The Morgan fingerprint density at radius 1 is 1.16 bits per heavy atom. The second kappa shape index (κ2) is 6.37. The van der Waals surface area contributed by atoms with Crippen LogP contribution in [0.25, 0.3) is 0 Å². The summed E-state index contributed by atoms with van der Waals surface area (Å²) in [6, 6.07) is -1.11. The predicted molar refractivity (Wildman–Crippen MR) is 75.5 cm³/mol. The van der Waals surface area contributed by atoms with E-state index in [1.165, 1.54) is 6.42 Å². The van der Waals surface area contributed by atoms with E-state index in [4.69, 9.17) is 5.73 Å². The van der Waals surface area contributed by atoms with Crippen LogP contribution in [0.2, 0.25) is 0 Å². The summed E-state index contributed by atoms with van der Waals surface area (Å²) >= 11 is 0. The van der Waals surface area contributed by atoms with Crippen molar-refractivity contribution in [3.63, 3.8) is 0 Å². The monoisotopic (exact) mass is 269 g/mol. The Balaban J connectivity index is 2.51. The van der Waals surface area contributed by atoms with Crippen molar-refractivity contribution < 1.29 is 9.59 Å². The Kier molecular flexibility index (Phi) is 5.35. The number of amides is 2. The molecule has 2 atom stereocenters. The van der Waals surface area contributed by atoms with Gasteiger partial charge in [0.15, 0.2) is 0 Å². The lowest BCUT2D eigenvalue weighted by Gasteiger charge is -2.31. The molecule has 5 heteroatoms. The zero-order valence-corrected chi connectivity index (χ0v) is 12.5. The second-order valence-corrected chi connectivity index (χ2v) is 6.46. The van der Waals surface area contributed by atoms with Crippen LogP contribution in [0.3, 0.4) is 0 Å². The fourth-order valence-corrected chi connectivity index (χ4v) is 2.15. The van der Waals surface area contributed by atoms with Crippen LogP contribution in [-0.4, -0.2) is 41.9 Å². The molecule has 1 aliphatic rings. The average Bonchev–Trinajstić information content (AvgIpc) is 2.36. The van der Waals surface area contributed by atoms with E-state index < -0.39 is 12.1 Å². The van der Waals surface area contributed by atoms with Gasteiger partial charge in [0.1, 0.15) is 6.04 Å². The molecular formula is C14H27N3O2. The van der Waals surface area contributed by atoms with Gasteiger partial charge in [0.2, 0.25) is 11.8 Å². The number of likely N-dealkylation sites (tertiary alicyclic amines) is 1. The van der Waals surface area contributed by atoms with Crippen LogP contribution in [0.15, 0.2) is 0 Å². The third-order valence-corrected chi connectivity index (χ3v) is 3.61. The van der Waals surface area contributed by atoms with Crippen molar-refractivity contribution in [1.82, 2.24) is 10.2 Å². The summed E-state index contributed by atoms with van der Waals surface area (Å²) in [7, 11) is 0. The molecular weight excluding hydrogens is 242 g/mol. The van der Waals surface area contributed by atoms with Gasteiger partial charge < -0.3 is 16.0 Å². The molecule has 1 heterocycles. The lowest BCUT2D eigenvalue weighted by atomic mass is 9.87. The quantitative estimate of drug-likeness (QED) is 0.798. The molecule has 1 saturated heterocycles. The van der Waals surface area contributed by atoms with Crippen molar-refractivity contribution in [3.05, 3.63) is 0 Å². The van der Waals surface area contributed by atoms with E-state index in [9.17, 15) is 9.59 Å². The summed E-state index contributed by atoms with van der Waals surface area (Å²) < 4.78 is 0. The summed E-state index contributed by atoms with van der Waals surface area (Å²) in [6.45, 7) is 9.05. The van der Waals surface area contributed by atoms with Crippen molar-refractivity contribution in [2.45, 2.75) is 59.0 Å². The molecule has 19 heavy (non-hydrogen) atoms. The Bertz CT molecular complexity index is 330. The number of hydrogen-bond acceptors (Lipinski definition) is 3. The number of piperidine rings is 1. The molecule has 110 valence electrons. The molecule has 0 aromatic rings. The maximum Gasteiger partial charge on any atom is 0.244 e. The zero-order valence-electron chi connectivity index (χ0n) is 12.5. The molecule has 1 aliphatic heterocycles. The molecule has 5 nitrogen and oxygen atoms in total. The molecule has 1 rings (SSSR count). The molecule has 2 amide bonds. The Labute approximate surface area is 115 Å². The van der Waals surface area contributed by atoms with Crippen molar-refractivity contribution >= 4 is 11.8 Å². The highest BCUT2D eigenvalue weighted by Gasteiger charge is 2.30. The SMILES string of the molecule is CC(NC(=O)[C@@H](N)C(C)(C)C)C(=O)N1CCCCC1. The van der Waals surface area contributed by atoms with Gasteiger partial charge in [-0.05, 0) is 31.6 Å². The third-order valence-electron chi connectivity index (χ3n) is 3.61. The van der Waals surface area contributed by atoms with Crippen molar-refractivity contribution in [2.75, 3.05) is 13.1 Å². The number of nitrogens with two attached hydrogens (primary N) is 1. The van der Waals surface area contributed by atoms with Crippen molar-refractivity contribution in [3.8, 4) is 0 Å². The van der Waals surface area contributed by atoms with E-state index >= 15 is 0 Å². The Morgan fingerprint density at radius 3 is 2.16 bits per heavy atom. The van der Waals surface area contributed by atoms with Gasteiger partial charge >= 0.3 is 0 Å². The second-order valence-electron chi connectivity index (χ2n) is 6.46. The highest BCUT2D eigenvalue weighted by atomic mass is 16.2. The van der Waals surface area contributed by atoms with Gasteiger partial charge in [-0.25, -0.2) is 0 Å². The van der Waals surface area contributed by atoms with Gasteiger partial charge in [-0.2, -0.15) is 0 Å². The van der Waals surface area contributed by atoms with Gasteiger partial charge in [-0.1, -0.05) is 20.8 Å². The largest absolute Gasteiger partial charge is 0.343 e. The van der Waals surface area contributed by atoms with Crippen molar-refractivity contribution in [2.24, 2.45) is 11.1 Å². The first kappa shape index (κ1) is 16.0. The first-order chi connectivity index (χ1) is 8.73. The van der Waals surface area contributed by atoms with E-state index in [-0.39, 0.29) is 17.2 Å².